The van der Waals surface area contributed by atoms with Gasteiger partial charge in [0.05, 0.1) is 6.10 Å². The summed E-state index contributed by atoms with van der Waals surface area (Å²) in [5, 5.41) is 16.8. The molecule has 2 N–H and O–H groups in total. The average molecular weight is 317 g/mol. The quantitative estimate of drug-likeness (QED) is 0.457. The molecule has 0 saturated heterocycles. The summed E-state index contributed by atoms with van der Waals surface area (Å²) in [6.45, 7) is 9.81. The van der Waals surface area contributed by atoms with Crippen molar-refractivity contribution in [2.75, 3.05) is 0 Å². The van der Waals surface area contributed by atoms with Crippen molar-refractivity contribution in [1.82, 2.24) is 0 Å². The summed E-state index contributed by atoms with van der Waals surface area (Å²) in [6, 6.07) is 0. The van der Waals surface area contributed by atoms with Crippen LogP contribution < -0.4 is 0 Å². The molecule has 0 aliphatic rings. The molecule has 3 unspecified atom stereocenters. The van der Waals surface area contributed by atoms with Gasteiger partial charge in [0.2, 0.25) is 0 Å². The van der Waals surface area contributed by atoms with Crippen LogP contribution in [-0.4, -0.2) is 22.3 Å². The third-order valence-corrected chi connectivity index (χ3v) is 4.23. The molecule has 3 heteroatoms. The summed E-state index contributed by atoms with van der Waals surface area (Å²) in [6.07, 6.45) is 13.5. The van der Waals surface area contributed by atoms with Crippen LogP contribution in [-0.2, 0) is 4.79 Å². The third kappa shape index (κ3) is 21.7. The normalized spacial score (nSPS) is 14.6. The van der Waals surface area contributed by atoms with E-state index in [1.54, 1.807) is 0 Å². The van der Waals surface area contributed by atoms with E-state index >= 15 is 0 Å². The first-order valence-electron chi connectivity index (χ1n) is 9.18. The van der Waals surface area contributed by atoms with Gasteiger partial charge >= 0.3 is 0 Å². The van der Waals surface area contributed by atoms with Gasteiger partial charge in [0.25, 0.3) is 5.97 Å². The average Bonchev–Trinajstić information content (AvgIpc) is 2.41. The Balaban J connectivity index is 0. The topological polar surface area (TPSA) is 57.5 Å². The molecular weight excluding hydrogens is 276 g/mol. The molecular formula is C19H40O3. The largest absolute Gasteiger partial charge is 0.481 e. The molecule has 0 saturated carbocycles. The highest BCUT2D eigenvalue weighted by atomic mass is 16.4. The summed E-state index contributed by atoms with van der Waals surface area (Å²) in [7, 11) is 0. The molecule has 22 heavy (non-hydrogen) atoms. The van der Waals surface area contributed by atoms with Crippen molar-refractivity contribution in [1.29, 1.82) is 0 Å². The maximum absolute atomic E-state index is 9.43. The molecule has 3 atom stereocenters. The van der Waals surface area contributed by atoms with Gasteiger partial charge in [-0.2, -0.15) is 0 Å². The molecule has 134 valence electrons. The van der Waals surface area contributed by atoms with E-state index in [0.717, 1.165) is 12.8 Å². The molecule has 0 aromatic carbocycles. The van der Waals surface area contributed by atoms with Crippen LogP contribution in [0.15, 0.2) is 0 Å². The van der Waals surface area contributed by atoms with Crippen LogP contribution >= 0.6 is 0 Å². The number of aliphatic hydroxyl groups is 1. The van der Waals surface area contributed by atoms with Crippen LogP contribution in [0.2, 0.25) is 0 Å². The van der Waals surface area contributed by atoms with Gasteiger partial charge in [-0.15, -0.1) is 0 Å². The van der Waals surface area contributed by atoms with Crippen LogP contribution in [0, 0.1) is 11.8 Å². The number of carboxylic acids is 1. The van der Waals surface area contributed by atoms with Crippen molar-refractivity contribution in [3.8, 4) is 0 Å². The molecule has 0 aliphatic carbocycles. The van der Waals surface area contributed by atoms with E-state index < -0.39 is 5.97 Å². The summed E-state index contributed by atoms with van der Waals surface area (Å²) in [4.78, 5) is 9.00. The molecule has 0 rings (SSSR count). The lowest BCUT2D eigenvalue weighted by atomic mass is 9.93. The molecule has 0 aromatic rings. The minimum Gasteiger partial charge on any atom is -0.481 e. The maximum atomic E-state index is 9.43. The number of aliphatic carboxylic acids is 1. The number of hydrogen-bond acceptors (Lipinski definition) is 2. The van der Waals surface area contributed by atoms with Crippen LogP contribution in [0.25, 0.3) is 0 Å². The zero-order valence-corrected chi connectivity index (χ0v) is 15.6. The fraction of sp³-hybridized carbons (Fsp3) is 0.947. The van der Waals surface area contributed by atoms with E-state index in [4.69, 9.17) is 9.90 Å². The van der Waals surface area contributed by atoms with Gasteiger partial charge in [0, 0.05) is 6.92 Å². The standard InChI is InChI=1S/C17H36O.C2H4O2/c1-5-6-7-8-9-10-12-15(2)13-11-14-16(3)17(4)18;1-2(3)4/h15-18H,5-14H2,1-4H3;1H3,(H,3,4). The predicted octanol–water partition coefficient (Wildman–Crippen LogP) is 5.65. The molecule has 3 nitrogen and oxygen atoms in total. The second kappa shape index (κ2) is 16.8. The number of aliphatic hydroxyl groups excluding tert-OH is 1. The molecule has 0 spiro atoms. The molecule has 0 radical (unpaired) electrons. The first-order valence-corrected chi connectivity index (χ1v) is 9.18. The number of unbranched alkanes of at least 4 members (excludes halogenated alkanes) is 5. The number of rotatable bonds is 12. The van der Waals surface area contributed by atoms with Crippen LogP contribution in [0.4, 0.5) is 0 Å². The molecule has 0 heterocycles. The highest BCUT2D eigenvalue weighted by molar-refractivity contribution is 5.62. The van der Waals surface area contributed by atoms with E-state index in [2.05, 4.69) is 20.8 Å². The second-order valence-corrected chi connectivity index (χ2v) is 6.83. The first-order chi connectivity index (χ1) is 10.3. The van der Waals surface area contributed by atoms with Crippen molar-refractivity contribution in [3.05, 3.63) is 0 Å². The molecule has 0 amide bonds. The van der Waals surface area contributed by atoms with Gasteiger partial charge in [-0.05, 0) is 25.2 Å². The maximum Gasteiger partial charge on any atom is 0.300 e. The lowest BCUT2D eigenvalue weighted by molar-refractivity contribution is -0.134. The third-order valence-electron chi connectivity index (χ3n) is 4.23. The number of carbonyl (C=O) groups is 1. The lowest BCUT2D eigenvalue weighted by Gasteiger charge is -2.16. The van der Waals surface area contributed by atoms with E-state index in [9.17, 15) is 5.11 Å². The monoisotopic (exact) mass is 316 g/mol. The fourth-order valence-corrected chi connectivity index (χ4v) is 2.45. The van der Waals surface area contributed by atoms with Crippen LogP contribution in [0.5, 0.6) is 0 Å². The van der Waals surface area contributed by atoms with Crippen molar-refractivity contribution < 1.29 is 15.0 Å². The minimum absolute atomic E-state index is 0.140. The number of hydrogen-bond donors (Lipinski definition) is 2. The van der Waals surface area contributed by atoms with Crippen LogP contribution in [0.3, 0.4) is 0 Å². The summed E-state index contributed by atoms with van der Waals surface area (Å²) < 4.78 is 0. The Hall–Kier alpha value is -0.570. The summed E-state index contributed by atoms with van der Waals surface area (Å²) in [5.41, 5.74) is 0. The summed E-state index contributed by atoms with van der Waals surface area (Å²) >= 11 is 0. The SMILES string of the molecule is CC(=O)O.CCCCCCCCC(C)CCCC(C)C(C)O. The van der Waals surface area contributed by atoms with E-state index in [-0.39, 0.29) is 6.10 Å². The zero-order chi connectivity index (χ0) is 17.4. The molecule has 0 aromatic heterocycles. The van der Waals surface area contributed by atoms with Gasteiger partial charge in [-0.3, -0.25) is 4.79 Å². The fourth-order valence-electron chi connectivity index (χ4n) is 2.45. The number of carboxylic acid groups (broad SMARTS) is 1. The van der Waals surface area contributed by atoms with E-state index in [1.807, 2.05) is 6.92 Å². The van der Waals surface area contributed by atoms with Crippen molar-refractivity contribution in [3.63, 3.8) is 0 Å². The minimum atomic E-state index is -0.833. The van der Waals surface area contributed by atoms with Gasteiger partial charge in [0.1, 0.15) is 0 Å². The predicted molar refractivity (Wildman–Crippen MR) is 95.2 cm³/mol. The van der Waals surface area contributed by atoms with E-state index in [1.165, 1.54) is 64.2 Å². The van der Waals surface area contributed by atoms with Gasteiger partial charge in [0.15, 0.2) is 0 Å². The van der Waals surface area contributed by atoms with Crippen molar-refractivity contribution >= 4 is 5.97 Å². The summed E-state index contributed by atoms with van der Waals surface area (Å²) in [5.74, 6) is 0.503. The molecule has 0 bridgehead atoms. The highest BCUT2D eigenvalue weighted by Gasteiger charge is 2.09. The Labute approximate surface area is 138 Å². The Morgan fingerprint density at radius 2 is 1.32 bits per heavy atom. The lowest BCUT2D eigenvalue weighted by Crippen LogP contribution is -2.13. The molecule has 0 aliphatic heterocycles. The van der Waals surface area contributed by atoms with Gasteiger partial charge in [-0.25, -0.2) is 0 Å². The van der Waals surface area contributed by atoms with E-state index in [0.29, 0.717) is 5.92 Å². The molecule has 0 fully saturated rings. The Morgan fingerprint density at radius 3 is 1.82 bits per heavy atom. The van der Waals surface area contributed by atoms with Gasteiger partial charge in [-0.1, -0.05) is 78.6 Å². The Bertz CT molecular complexity index is 235. The second-order valence-electron chi connectivity index (χ2n) is 6.83. The van der Waals surface area contributed by atoms with Crippen molar-refractivity contribution in [2.24, 2.45) is 11.8 Å². The Kier molecular flexibility index (Phi) is 18.1. The smallest absolute Gasteiger partial charge is 0.300 e. The van der Waals surface area contributed by atoms with Gasteiger partial charge < -0.3 is 10.2 Å². The zero-order valence-electron chi connectivity index (χ0n) is 15.6. The Morgan fingerprint density at radius 1 is 0.864 bits per heavy atom. The highest BCUT2D eigenvalue weighted by Crippen LogP contribution is 2.19. The van der Waals surface area contributed by atoms with Crippen molar-refractivity contribution in [2.45, 2.75) is 105 Å². The van der Waals surface area contributed by atoms with Crippen LogP contribution in [0.1, 0.15) is 98.8 Å². The first kappa shape index (κ1) is 23.7.